The van der Waals surface area contributed by atoms with Crippen LogP contribution in [0.3, 0.4) is 0 Å². The van der Waals surface area contributed by atoms with Crippen LogP contribution in [0.25, 0.3) is 10.9 Å². The van der Waals surface area contributed by atoms with Crippen molar-refractivity contribution in [2.75, 3.05) is 0 Å². The van der Waals surface area contributed by atoms with E-state index in [1.165, 1.54) is 6.92 Å². The molecule has 75 valence electrons. The van der Waals surface area contributed by atoms with Crippen molar-refractivity contribution in [1.29, 1.82) is 0 Å². The summed E-state index contributed by atoms with van der Waals surface area (Å²) in [5, 5.41) is 0.904. The zero-order valence-electron chi connectivity index (χ0n) is 8.28. The molecule has 3 nitrogen and oxygen atoms in total. The maximum atomic E-state index is 11.2. The van der Waals surface area contributed by atoms with E-state index in [-0.39, 0.29) is 5.78 Å². The van der Waals surface area contributed by atoms with Gasteiger partial charge in [-0.2, -0.15) is 0 Å². The predicted octanol–water partition coefficient (Wildman–Crippen LogP) is 1.95. The lowest BCUT2D eigenvalue weighted by atomic mass is 9.97. The van der Waals surface area contributed by atoms with Gasteiger partial charge in [0.2, 0.25) is 6.29 Å². The van der Waals surface area contributed by atoms with Crippen LogP contribution in [0.4, 0.5) is 0 Å². The number of fused-ring (bicyclic) bond motifs is 1. The molecule has 1 aromatic heterocycles. The first-order chi connectivity index (χ1) is 7.24. The fourth-order valence-corrected chi connectivity index (χ4v) is 1.70. The maximum Gasteiger partial charge on any atom is 0.214 e. The number of carbonyl (C=O) groups is 1. The van der Waals surface area contributed by atoms with E-state index in [9.17, 15) is 9.59 Å². The summed E-state index contributed by atoms with van der Waals surface area (Å²) in [7, 11) is 0. The highest BCUT2D eigenvalue weighted by Gasteiger charge is 2.19. The van der Waals surface area contributed by atoms with Crippen molar-refractivity contribution >= 4 is 23.0 Å². The number of carbonyl (C=O) groups excluding carboxylic acids is 2. The van der Waals surface area contributed by atoms with Gasteiger partial charge in [-0.3, -0.25) is 9.59 Å². The van der Waals surface area contributed by atoms with Crippen molar-refractivity contribution in [1.82, 2.24) is 4.98 Å². The first-order valence-corrected chi connectivity index (χ1v) is 4.68. The Balaban J connectivity index is 2.60. The van der Waals surface area contributed by atoms with E-state index < -0.39 is 5.92 Å². The second-order valence-electron chi connectivity index (χ2n) is 3.45. The minimum atomic E-state index is -0.777. The van der Waals surface area contributed by atoms with Gasteiger partial charge in [-0.1, -0.05) is 18.2 Å². The van der Waals surface area contributed by atoms with E-state index in [1.807, 2.05) is 24.3 Å². The third kappa shape index (κ3) is 1.56. The van der Waals surface area contributed by atoms with Crippen LogP contribution in [-0.4, -0.2) is 17.1 Å². The van der Waals surface area contributed by atoms with Gasteiger partial charge >= 0.3 is 0 Å². The molecule has 1 N–H and O–H groups in total. The van der Waals surface area contributed by atoms with E-state index in [0.29, 0.717) is 5.56 Å². The van der Waals surface area contributed by atoms with E-state index in [4.69, 9.17) is 0 Å². The second-order valence-corrected chi connectivity index (χ2v) is 3.45. The Kier molecular flexibility index (Phi) is 2.37. The number of Topliss-reactive ketones (excluding diaryl/α,β-unsaturated/α-hetero) is 1. The molecule has 1 radical (unpaired) electrons. The molecule has 1 unspecified atom stereocenters. The third-order valence-corrected chi connectivity index (χ3v) is 2.46. The van der Waals surface area contributed by atoms with Crippen molar-refractivity contribution in [2.45, 2.75) is 12.8 Å². The zero-order chi connectivity index (χ0) is 10.8. The van der Waals surface area contributed by atoms with Crippen LogP contribution in [0.5, 0.6) is 0 Å². The highest BCUT2D eigenvalue weighted by atomic mass is 16.1. The summed E-state index contributed by atoms with van der Waals surface area (Å²) < 4.78 is 0. The average molecular weight is 200 g/mol. The molecule has 3 heteroatoms. The number of para-hydroxylation sites is 1. The molecule has 0 spiro atoms. The second kappa shape index (κ2) is 3.69. The Bertz CT molecular complexity index is 513. The fourth-order valence-electron chi connectivity index (χ4n) is 1.70. The number of benzene rings is 1. The minimum Gasteiger partial charge on any atom is -0.361 e. The largest absolute Gasteiger partial charge is 0.361 e. The summed E-state index contributed by atoms with van der Waals surface area (Å²) in [4.78, 5) is 25.0. The molecule has 2 aromatic rings. The highest BCUT2D eigenvalue weighted by molar-refractivity contribution is 6.02. The number of nitrogens with one attached hydrogen (secondary N) is 1. The molecule has 15 heavy (non-hydrogen) atoms. The van der Waals surface area contributed by atoms with Gasteiger partial charge < -0.3 is 4.98 Å². The normalized spacial score (nSPS) is 12.6. The lowest BCUT2D eigenvalue weighted by Gasteiger charge is -2.02. The smallest absolute Gasteiger partial charge is 0.214 e. The van der Waals surface area contributed by atoms with Gasteiger partial charge in [0.15, 0.2) is 0 Å². The number of hydrogen-bond donors (Lipinski definition) is 1. The molecule has 0 aliphatic heterocycles. The molecule has 0 aliphatic rings. The summed E-state index contributed by atoms with van der Waals surface area (Å²) in [5.41, 5.74) is 1.63. The Morgan fingerprint density at radius 1 is 1.40 bits per heavy atom. The summed E-state index contributed by atoms with van der Waals surface area (Å²) >= 11 is 0. The van der Waals surface area contributed by atoms with Crippen LogP contribution < -0.4 is 0 Å². The molecule has 0 bridgehead atoms. The van der Waals surface area contributed by atoms with Crippen molar-refractivity contribution < 1.29 is 9.59 Å². The van der Waals surface area contributed by atoms with E-state index in [1.54, 1.807) is 12.5 Å². The molecule has 0 amide bonds. The summed E-state index contributed by atoms with van der Waals surface area (Å²) in [6.07, 6.45) is 3.47. The Hall–Kier alpha value is -1.90. The van der Waals surface area contributed by atoms with Crippen LogP contribution in [0.15, 0.2) is 30.5 Å². The molecule has 0 saturated heterocycles. The molecule has 0 aliphatic carbocycles. The van der Waals surface area contributed by atoms with E-state index in [2.05, 4.69) is 4.98 Å². The number of rotatable bonds is 3. The van der Waals surface area contributed by atoms with Gasteiger partial charge in [0.05, 0.1) is 0 Å². The minimum absolute atomic E-state index is 0.185. The number of hydrogen-bond acceptors (Lipinski definition) is 2. The molecule has 1 heterocycles. The van der Waals surface area contributed by atoms with Gasteiger partial charge in [0.1, 0.15) is 11.7 Å². The molecule has 0 saturated carbocycles. The lowest BCUT2D eigenvalue weighted by molar-refractivity contribution is -0.117. The van der Waals surface area contributed by atoms with Crippen molar-refractivity contribution in [3.05, 3.63) is 36.0 Å². The number of aromatic nitrogens is 1. The molecular weight excluding hydrogens is 190 g/mol. The summed E-state index contributed by atoms with van der Waals surface area (Å²) in [6.45, 7) is 1.40. The standard InChI is InChI=1S/C12H10NO2/c1-8(15)11(7-14)10-6-13-12-5-3-2-4-9(10)12/h2-6,11,13H,1H3. The number of ketones is 1. The maximum absolute atomic E-state index is 11.2. The van der Waals surface area contributed by atoms with E-state index in [0.717, 1.165) is 10.9 Å². The number of H-pyrrole nitrogens is 1. The first-order valence-electron chi connectivity index (χ1n) is 4.68. The lowest BCUT2D eigenvalue weighted by Crippen LogP contribution is -2.09. The van der Waals surface area contributed by atoms with Crippen LogP contribution in [0.1, 0.15) is 18.4 Å². The van der Waals surface area contributed by atoms with Crippen molar-refractivity contribution in [3.8, 4) is 0 Å². The topological polar surface area (TPSA) is 49.9 Å². The van der Waals surface area contributed by atoms with Crippen LogP contribution >= 0.6 is 0 Å². The van der Waals surface area contributed by atoms with Gasteiger partial charge in [-0.05, 0) is 18.6 Å². The molecule has 1 aromatic carbocycles. The summed E-state index contributed by atoms with van der Waals surface area (Å²) in [5.74, 6) is -0.962. The van der Waals surface area contributed by atoms with Gasteiger partial charge in [-0.25, -0.2) is 0 Å². The van der Waals surface area contributed by atoms with Gasteiger partial charge in [0.25, 0.3) is 0 Å². The molecule has 1 atom stereocenters. The zero-order valence-corrected chi connectivity index (χ0v) is 8.28. The Morgan fingerprint density at radius 2 is 2.13 bits per heavy atom. The Labute approximate surface area is 87.1 Å². The van der Waals surface area contributed by atoms with Gasteiger partial charge in [0, 0.05) is 17.1 Å². The number of aromatic amines is 1. The highest BCUT2D eigenvalue weighted by Crippen LogP contribution is 2.24. The first kappa shape index (κ1) is 9.65. The van der Waals surface area contributed by atoms with E-state index >= 15 is 0 Å². The quantitative estimate of drug-likeness (QED) is 0.770. The Morgan fingerprint density at radius 3 is 2.80 bits per heavy atom. The van der Waals surface area contributed by atoms with Crippen LogP contribution in [0, 0.1) is 0 Å². The SMILES string of the molecule is CC(=O)C([C]=O)c1c[nH]c2ccccc12. The molecular formula is C12H10NO2. The average Bonchev–Trinajstić information content (AvgIpc) is 2.63. The predicted molar refractivity (Wildman–Crippen MR) is 57.4 cm³/mol. The van der Waals surface area contributed by atoms with Crippen molar-refractivity contribution in [2.24, 2.45) is 0 Å². The van der Waals surface area contributed by atoms with Crippen LogP contribution in [-0.2, 0) is 9.59 Å². The molecule has 0 fully saturated rings. The molecule has 2 rings (SSSR count). The van der Waals surface area contributed by atoms with Crippen LogP contribution in [0.2, 0.25) is 0 Å². The van der Waals surface area contributed by atoms with Crippen molar-refractivity contribution in [3.63, 3.8) is 0 Å². The van der Waals surface area contributed by atoms with Gasteiger partial charge in [-0.15, -0.1) is 0 Å². The fraction of sp³-hybridized carbons (Fsp3) is 0.167. The monoisotopic (exact) mass is 200 g/mol. The third-order valence-electron chi connectivity index (χ3n) is 2.46. The summed E-state index contributed by atoms with van der Waals surface area (Å²) in [6, 6.07) is 7.56.